The fourth-order valence-electron chi connectivity index (χ4n) is 1.91. The molecule has 0 unspecified atom stereocenters. The summed E-state index contributed by atoms with van der Waals surface area (Å²) in [6.45, 7) is 0. The zero-order chi connectivity index (χ0) is 14.1. The van der Waals surface area contributed by atoms with E-state index >= 15 is 0 Å². The third kappa shape index (κ3) is 2.66. The largest absolute Gasteiger partial charge is 0.378 e. The number of carbonyl (C=O) groups is 1. The van der Waals surface area contributed by atoms with Crippen LogP contribution in [0.4, 0.5) is 0 Å². The van der Waals surface area contributed by atoms with Crippen molar-refractivity contribution in [1.82, 2.24) is 4.57 Å². The summed E-state index contributed by atoms with van der Waals surface area (Å²) in [5, 5.41) is 0.300. The number of rotatable bonds is 2. The molecule has 2 heterocycles. The summed E-state index contributed by atoms with van der Waals surface area (Å²) in [4.78, 5) is 15.9. The third-order valence-corrected chi connectivity index (χ3v) is 4.33. The van der Waals surface area contributed by atoms with E-state index in [1.165, 1.54) is 15.3 Å². The Labute approximate surface area is 133 Å². The fraction of sp³-hybridized carbons (Fsp3) is 0. The molecule has 1 aromatic carbocycles. The lowest BCUT2D eigenvalue weighted by molar-refractivity contribution is -0.113. The van der Waals surface area contributed by atoms with E-state index in [2.05, 4.69) is 27.6 Å². The molecule has 2 aromatic rings. The fourth-order valence-corrected chi connectivity index (χ4v) is 2.93. The number of aliphatic imine (C=N–C) groups is 1. The Hall–Kier alpha value is -1.54. The first-order valence-electron chi connectivity index (χ1n) is 5.85. The van der Waals surface area contributed by atoms with E-state index in [4.69, 9.17) is 5.73 Å². The van der Waals surface area contributed by atoms with Crippen molar-refractivity contribution in [3.63, 3.8) is 0 Å². The van der Waals surface area contributed by atoms with Gasteiger partial charge in [0.1, 0.15) is 0 Å². The maximum absolute atomic E-state index is 11.6. The Bertz CT molecular complexity index is 731. The molecule has 0 radical (unpaired) electrons. The second-order valence-corrected chi connectivity index (χ2v) is 6.45. The Balaban J connectivity index is 1.97. The molecule has 100 valence electrons. The van der Waals surface area contributed by atoms with Crippen molar-refractivity contribution in [2.45, 2.75) is 0 Å². The molecule has 0 bridgehead atoms. The summed E-state index contributed by atoms with van der Waals surface area (Å²) in [6, 6.07) is 12.1. The molecule has 0 saturated carbocycles. The minimum atomic E-state index is -0.275. The highest BCUT2D eigenvalue weighted by molar-refractivity contribution is 14.1. The van der Waals surface area contributed by atoms with Crippen LogP contribution >= 0.6 is 34.4 Å². The molecule has 0 saturated heterocycles. The number of hydrogen-bond acceptors (Lipinski definition) is 3. The van der Waals surface area contributed by atoms with Gasteiger partial charge in [-0.25, -0.2) is 0 Å². The minimum absolute atomic E-state index is 0.275. The van der Waals surface area contributed by atoms with Gasteiger partial charge in [-0.15, -0.1) is 0 Å². The average molecular weight is 395 g/mol. The number of nitrogens with two attached hydrogens (primary N) is 1. The van der Waals surface area contributed by atoms with E-state index in [1.807, 2.05) is 53.2 Å². The molecule has 1 amide bonds. The van der Waals surface area contributed by atoms with E-state index in [0.29, 0.717) is 10.1 Å². The van der Waals surface area contributed by atoms with E-state index in [1.54, 1.807) is 0 Å². The van der Waals surface area contributed by atoms with E-state index in [0.717, 1.165) is 11.4 Å². The smallest absolute Gasteiger partial charge is 0.286 e. The van der Waals surface area contributed by atoms with Gasteiger partial charge < -0.3 is 10.3 Å². The highest BCUT2D eigenvalue weighted by Crippen LogP contribution is 2.27. The van der Waals surface area contributed by atoms with E-state index < -0.39 is 0 Å². The molecule has 1 aliphatic rings. The topological polar surface area (TPSA) is 60.4 Å². The van der Waals surface area contributed by atoms with Gasteiger partial charge in [0.15, 0.2) is 5.17 Å². The number of carbonyl (C=O) groups excluding carboxylic acids is 1. The number of halogens is 1. The number of thioether (sulfide) groups is 1. The van der Waals surface area contributed by atoms with Crippen LogP contribution in [0, 0.1) is 3.57 Å². The van der Waals surface area contributed by atoms with Crippen molar-refractivity contribution < 1.29 is 4.79 Å². The Morgan fingerprint density at radius 1 is 1.25 bits per heavy atom. The molecule has 2 N–H and O–H groups in total. The molecular formula is C14H10IN3OS. The normalized spacial score (nSPS) is 16.8. The number of hydrogen-bond donors (Lipinski definition) is 1. The summed E-state index contributed by atoms with van der Waals surface area (Å²) >= 11 is 3.47. The van der Waals surface area contributed by atoms with Crippen molar-refractivity contribution in [3.05, 3.63) is 56.8 Å². The van der Waals surface area contributed by atoms with Crippen LogP contribution in [-0.4, -0.2) is 15.6 Å². The zero-order valence-corrected chi connectivity index (χ0v) is 13.3. The lowest BCUT2D eigenvalue weighted by atomic mass is 10.3. The summed E-state index contributed by atoms with van der Waals surface area (Å²) in [5.41, 5.74) is 7.52. The molecular weight excluding hydrogens is 385 g/mol. The van der Waals surface area contributed by atoms with E-state index in [-0.39, 0.29) is 5.91 Å². The molecule has 0 atom stereocenters. The highest BCUT2D eigenvalue weighted by atomic mass is 127. The lowest BCUT2D eigenvalue weighted by Gasteiger charge is -2.07. The molecule has 0 spiro atoms. The highest BCUT2D eigenvalue weighted by Gasteiger charge is 2.19. The SMILES string of the molecule is NC1=NC(=O)C(=Cc2cccn2-c2ccc(I)cc2)S1. The molecule has 20 heavy (non-hydrogen) atoms. The maximum Gasteiger partial charge on any atom is 0.286 e. The number of amidine groups is 1. The number of benzene rings is 1. The van der Waals surface area contributed by atoms with Crippen molar-refractivity contribution in [1.29, 1.82) is 0 Å². The van der Waals surface area contributed by atoms with Crippen LogP contribution in [-0.2, 0) is 4.79 Å². The number of aromatic nitrogens is 1. The standard InChI is InChI=1S/C14H10IN3OS/c15-9-3-5-10(6-4-9)18-7-1-2-11(18)8-12-13(19)17-14(16)20-12/h1-8H,(H2,16,17,19). The summed E-state index contributed by atoms with van der Waals surface area (Å²) in [6.07, 6.45) is 3.78. The predicted octanol–water partition coefficient (Wildman–Crippen LogP) is 3.01. The second kappa shape index (κ2) is 5.45. The van der Waals surface area contributed by atoms with Gasteiger partial charge in [-0.2, -0.15) is 4.99 Å². The molecule has 4 nitrogen and oxygen atoms in total. The van der Waals surface area contributed by atoms with Crippen LogP contribution in [0.2, 0.25) is 0 Å². The van der Waals surface area contributed by atoms with Gasteiger partial charge in [0.25, 0.3) is 5.91 Å². The van der Waals surface area contributed by atoms with Crippen molar-refractivity contribution >= 4 is 51.5 Å². The quantitative estimate of drug-likeness (QED) is 0.628. The summed E-state index contributed by atoms with van der Waals surface area (Å²) in [5.74, 6) is -0.275. The summed E-state index contributed by atoms with van der Waals surface area (Å²) < 4.78 is 3.20. The lowest BCUT2D eigenvalue weighted by Crippen LogP contribution is -2.01. The predicted molar refractivity (Wildman–Crippen MR) is 90.7 cm³/mol. The van der Waals surface area contributed by atoms with Crippen LogP contribution in [0.5, 0.6) is 0 Å². The van der Waals surface area contributed by atoms with Crippen LogP contribution in [0.25, 0.3) is 11.8 Å². The Morgan fingerprint density at radius 3 is 2.65 bits per heavy atom. The third-order valence-electron chi connectivity index (χ3n) is 2.80. The van der Waals surface area contributed by atoms with Gasteiger partial charge in [0.2, 0.25) is 0 Å². The minimum Gasteiger partial charge on any atom is -0.378 e. The zero-order valence-electron chi connectivity index (χ0n) is 10.3. The number of amides is 1. The molecule has 6 heteroatoms. The monoisotopic (exact) mass is 395 g/mol. The number of nitrogens with zero attached hydrogens (tertiary/aromatic N) is 2. The van der Waals surface area contributed by atoms with Gasteiger partial charge in [0, 0.05) is 21.1 Å². The van der Waals surface area contributed by atoms with Crippen LogP contribution < -0.4 is 5.73 Å². The molecule has 0 aliphatic carbocycles. The Morgan fingerprint density at radius 2 is 2.00 bits per heavy atom. The van der Waals surface area contributed by atoms with Crippen molar-refractivity contribution in [3.8, 4) is 5.69 Å². The van der Waals surface area contributed by atoms with Gasteiger partial charge in [-0.1, -0.05) is 0 Å². The van der Waals surface area contributed by atoms with Gasteiger partial charge >= 0.3 is 0 Å². The maximum atomic E-state index is 11.6. The van der Waals surface area contributed by atoms with E-state index in [9.17, 15) is 4.79 Å². The Kier molecular flexibility index (Phi) is 3.66. The van der Waals surface area contributed by atoms with Crippen LogP contribution in [0.15, 0.2) is 52.5 Å². The average Bonchev–Trinajstić information content (AvgIpc) is 2.98. The molecule has 1 aromatic heterocycles. The van der Waals surface area contributed by atoms with Crippen LogP contribution in [0.1, 0.15) is 5.69 Å². The van der Waals surface area contributed by atoms with Gasteiger partial charge in [-0.05, 0) is 76.8 Å². The first kappa shape index (κ1) is 13.4. The molecule has 1 aliphatic heterocycles. The van der Waals surface area contributed by atoms with Crippen molar-refractivity contribution in [2.75, 3.05) is 0 Å². The summed E-state index contributed by atoms with van der Waals surface area (Å²) in [7, 11) is 0. The first-order valence-corrected chi connectivity index (χ1v) is 7.74. The van der Waals surface area contributed by atoms with Crippen molar-refractivity contribution in [2.24, 2.45) is 10.7 Å². The van der Waals surface area contributed by atoms with Gasteiger partial charge in [0.05, 0.1) is 4.91 Å². The van der Waals surface area contributed by atoms with Gasteiger partial charge in [-0.3, -0.25) is 4.79 Å². The second-order valence-electron chi connectivity index (χ2n) is 4.15. The molecule has 3 rings (SSSR count). The first-order chi connectivity index (χ1) is 9.63. The molecule has 0 fully saturated rings. The van der Waals surface area contributed by atoms with Crippen LogP contribution in [0.3, 0.4) is 0 Å².